The molecule has 158 valence electrons. The van der Waals surface area contributed by atoms with Crippen molar-refractivity contribution in [1.29, 1.82) is 0 Å². The van der Waals surface area contributed by atoms with Crippen molar-refractivity contribution in [2.45, 2.75) is 38.5 Å². The Hall–Kier alpha value is -2.52. The SMILES string of the molecule is c1ccc2c(c1)[pH]c1c(CCCCCCc3cccc4c3[pH]c3ccccc34)cccc12. The zero-order valence-electron chi connectivity index (χ0n) is 18.3. The first kappa shape index (κ1) is 20.1. The number of hydrogen-bond donors (Lipinski definition) is 0. The van der Waals surface area contributed by atoms with E-state index in [-0.39, 0.29) is 0 Å². The van der Waals surface area contributed by atoms with E-state index in [0.717, 1.165) is 16.4 Å². The molecular weight excluding hydrogens is 422 g/mol. The number of rotatable bonds is 7. The van der Waals surface area contributed by atoms with Gasteiger partial charge in [-0.1, -0.05) is 97.8 Å². The molecule has 0 radical (unpaired) electrons. The molecule has 0 spiro atoms. The summed E-state index contributed by atoms with van der Waals surface area (Å²) in [5, 5.41) is 12.1. The lowest BCUT2D eigenvalue weighted by molar-refractivity contribution is 0.643. The Kier molecular flexibility index (Phi) is 5.52. The Labute approximate surface area is 192 Å². The molecule has 0 fully saturated rings. The fourth-order valence-corrected chi connectivity index (χ4v) is 8.32. The third-order valence-corrected chi connectivity index (χ3v) is 9.99. The van der Waals surface area contributed by atoms with Gasteiger partial charge in [-0.15, -0.1) is 16.4 Å². The maximum absolute atomic E-state index is 2.36. The van der Waals surface area contributed by atoms with E-state index < -0.39 is 0 Å². The van der Waals surface area contributed by atoms with Crippen LogP contribution in [0.1, 0.15) is 36.8 Å². The van der Waals surface area contributed by atoms with Crippen LogP contribution in [0.4, 0.5) is 0 Å². The first-order valence-electron chi connectivity index (χ1n) is 11.8. The fraction of sp³-hybridized carbons (Fsp3) is 0.200. The smallest absolute Gasteiger partial charge is 0.00259 e. The molecule has 2 aromatic heterocycles. The monoisotopic (exact) mass is 450 g/mol. The molecule has 0 saturated carbocycles. The van der Waals surface area contributed by atoms with E-state index in [9.17, 15) is 0 Å². The van der Waals surface area contributed by atoms with Crippen molar-refractivity contribution < 1.29 is 0 Å². The van der Waals surface area contributed by atoms with E-state index >= 15 is 0 Å². The molecule has 0 nitrogen and oxygen atoms in total. The maximum Gasteiger partial charge on any atom is 0.00259 e. The van der Waals surface area contributed by atoms with Crippen LogP contribution in [-0.4, -0.2) is 0 Å². The van der Waals surface area contributed by atoms with Gasteiger partial charge in [-0.25, -0.2) is 0 Å². The standard InChI is InChI=1S/C30H28P2/c1(3-11-21-13-9-17-25-23-15-5-7-19-27(23)31-29(21)25)2-4-12-22-14-10-18-26-24-16-6-8-20-28(24)32-30(22)26/h5-10,13-20,31-32H,1-4,11-12H2. The van der Waals surface area contributed by atoms with Crippen molar-refractivity contribution in [1.82, 2.24) is 0 Å². The van der Waals surface area contributed by atoms with Crippen LogP contribution in [0.15, 0.2) is 84.9 Å². The average molecular weight is 451 g/mol. The van der Waals surface area contributed by atoms with Crippen molar-refractivity contribution in [2.24, 2.45) is 0 Å². The largest absolute Gasteiger partial charge is 0.123 e. The summed E-state index contributed by atoms with van der Waals surface area (Å²) in [5.74, 6) is 0. The van der Waals surface area contributed by atoms with Crippen molar-refractivity contribution in [3.63, 3.8) is 0 Å². The molecule has 6 aromatic rings. The van der Waals surface area contributed by atoms with Gasteiger partial charge in [0.25, 0.3) is 0 Å². The van der Waals surface area contributed by atoms with Gasteiger partial charge < -0.3 is 0 Å². The lowest BCUT2D eigenvalue weighted by atomic mass is 10.0. The third-order valence-electron chi connectivity index (χ3n) is 6.90. The second-order valence-corrected chi connectivity index (χ2v) is 11.5. The van der Waals surface area contributed by atoms with E-state index in [2.05, 4.69) is 84.9 Å². The molecule has 0 bridgehead atoms. The molecule has 2 atom stereocenters. The predicted octanol–water partition coefficient (Wildman–Crippen LogP) is 9.71. The van der Waals surface area contributed by atoms with Gasteiger partial charge in [-0.3, -0.25) is 0 Å². The van der Waals surface area contributed by atoms with Gasteiger partial charge >= 0.3 is 0 Å². The Morgan fingerprint density at radius 3 is 1.34 bits per heavy atom. The lowest BCUT2D eigenvalue weighted by Crippen LogP contribution is -1.89. The van der Waals surface area contributed by atoms with Gasteiger partial charge in [-0.2, -0.15) is 0 Å². The maximum atomic E-state index is 2.36. The summed E-state index contributed by atoms with van der Waals surface area (Å²) in [6, 6.07) is 31.8. The van der Waals surface area contributed by atoms with Gasteiger partial charge in [0.1, 0.15) is 0 Å². The molecule has 0 aliphatic heterocycles. The molecular formula is C30H28P2. The summed E-state index contributed by atoms with van der Waals surface area (Å²) in [4.78, 5) is 0. The molecule has 0 amide bonds. The summed E-state index contributed by atoms with van der Waals surface area (Å²) in [7, 11) is 1.67. The fourth-order valence-electron chi connectivity index (χ4n) is 5.27. The van der Waals surface area contributed by atoms with E-state index in [4.69, 9.17) is 0 Å². The van der Waals surface area contributed by atoms with Gasteiger partial charge in [0, 0.05) is 10.2 Å². The zero-order valence-corrected chi connectivity index (χ0v) is 20.3. The number of unbranched alkanes of at least 4 members (excludes halogenated alkanes) is 3. The highest BCUT2D eigenvalue weighted by Crippen LogP contribution is 2.41. The van der Waals surface area contributed by atoms with Crippen molar-refractivity contribution in [2.75, 3.05) is 0 Å². The predicted molar refractivity (Wildman–Crippen MR) is 148 cm³/mol. The molecule has 2 unspecified atom stereocenters. The number of aryl methyl sites for hydroxylation is 2. The van der Waals surface area contributed by atoms with Crippen LogP contribution in [0, 0.1) is 0 Å². The number of fused-ring (bicyclic) bond motifs is 6. The Balaban J connectivity index is 1.09. The second kappa shape index (κ2) is 8.78. The first-order valence-corrected chi connectivity index (χ1v) is 13.8. The minimum atomic E-state index is 0.833. The summed E-state index contributed by atoms with van der Waals surface area (Å²) >= 11 is 0. The Morgan fingerprint density at radius 2 is 0.844 bits per heavy atom. The highest BCUT2D eigenvalue weighted by Gasteiger charge is 2.08. The minimum absolute atomic E-state index is 0.833. The highest BCUT2D eigenvalue weighted by molar-refractivity contribution is 7.44. The van der Waals surface area contributed by atoms with Crippen LogP contribution in [0.5, 0.6) is 0 Å². The normalized spacial score (nSPS) is 12.4. The Bertz CT molecular complexity index is 1420. The summed E-state index contributed by atoms with van der Waals surface area (Å²) < 4.78 is 0. The van der Waals surface area contributed by atoms with E-state index in [1.165, 1.54) is 70.3 Å². The van der Waals surface area contributed by atoms with Gasteiger partial charge in [0.15, 0.2) is 0 Å². The molecule has 2 heteroatoms. The highest BCUT2D eigenvalue weighted by atomic mass is 31.0. The van der Waals surface area contributed by atoms with E-state index in [1.807, 2.05) is 0 Å². The first-order chi connectivity index (χ1) is 15.9. The molecule has 32 heavy (non-hydrogen) atoms. The Morgan fingerprint density at radius 1 is 0.406 bits per heavy atom. The summed E-state index contributed by atoms with van der Waals surface area (Å²) in [6.07, 6.45) is 7.71. The second-order valence-electron chi connectivity index (χ2n) is 8.93. The quantitative estimate of drug-likeness (QED) is 0.212. The minimum Gasteiger partial charge on any atom is -0.123 e. The lowest BCUT2D eigenvalue weighted by Gasteiger charge is -2.06. The van der Waals surface area contributed by atoms with Gasteiger partial charge in [0.2, 0.25) is 0 Å². The van der Waals surface area contributed by atoms with Crippen LogP contribution in [-0.2, 0) is 12.8 Å². The molecule has 2 heterocycles. The van der Waals surface area contributed by atoms with Crippen LogP contribution in [0.3, 0.4) is 0 Å². The van der Waals surface area contributed by atoms with Crippen LogP contribution in [0.2, 0.25) is 0 Å². The molecule has 4 aromatic carbocycles. The molecule has 0 saturated heterocycles. The van der Waals surface area contributed by atoms with Gasteiger partial charge in [0.05, 0.1) is 0 Å². The molecule has 0 aliphatic rings. The van der Waals surface area contributed by atoms with Crippen LogP contribution >= 0.6 is 16.4 Å². The van der Waals surface area contributed by atoms with Crippen LogP contribution in [0.25, 0.3) is 42.0 Å². The van der Waals surface area contributed by atoms with Crippen molar-refractivity contribution in [3.05, 3.63) is 96.1 Å². The zero-order chi connectivity index (χ0) is 21.3. The number of hydrogen-bond acceptors (Lipinski definition) is 0. The van der Waals surface area contributed by atoms with Gasteiger partial charge in [-0.05, 0) is 68.6 Å². The molecule has 0 N–H and O–H groups in total. The van der Waals surface area contributed by atoms with Crippen molar-refractivity contribution in [3.8, 4) is 0 Å². The molecule has 6 rings (SSSR count). The molecule has 0 aliphatic carbocycles. The van der Waals surface area contributed by atoms with Crippen LogP contribution < -0.4 is 0 Å². The van der Waals surface area contributed by atoms with E-state index in [0.29, 0.717) is 0 Å². The topological polar surface area (TPSA) is 0 Å². The van der Waals surface area contributed by atoms with E-state index in [1.54, 1.807) is 21.4 Å². The summed E-state index contributed by atoms with van der Waals surface area (Å²) in [6.45, 7) is 0. The third kappa shape index (κ3) is 3.67. The summed E-state index contributed by atoms with van der Waals surface area (Å²) in [5.41, 5.74) is 3.16. The average Bonchev–Trinajstić information content (AvgIpc) is 3.41. The number of benzene rings is 4. The van der Waals surface area contributed by atoms with Crippen molar-refractivity contribution >= 4 is 58.4 Å².